The van der Waals surface area contributed by atoms with E-state index < -0.39 is 17.7 Å². The van der Waals surface area contributed by atoms with Crippen molar-refractivity contribution in [3.63, 3.8) is 0 Å². The van der Waals surface area contributed by atoms with Gasteiger partial charge in [-0.15, -0.1) is 0 Å². The summed E-state index contributed by atoms with van der Waals surface area (Å²) in [5, 5.41) is 9.17. The number of alkyl halides is 3. The lowest BCUT2D eigenvalue weighted by atomic mass is 10.2. The highest BCUT2D eigenvalue weighted by molar-refractivity contribution is 5.99. The van der Waals surface area contributed by atoms with Gasteiger partial charge in [0.1, 0.15) is 5.76 Å². The van der Waals surface area contributed by atoms with Crippen LogP contribution in [0.2, 0.25) is 0 Å². The van der Waals surface area contributed by atoms with Crippen molar-refractivity contribution < 1.29 is 23.1 Å². The van der Waals surface area contributed by atoms with Crippen molar-refractivity contribution in [2.45, 2.75) is 6.18 Å². The number of halogens is 3. The van der Waals surface area contributed by atoms with E-state index in [4.69, 9.17) is 5.11 Å². The van der Waals surface area contributed by atoms with Gasteiger partial charge < -0.3 is 5.11 Å². The summed E-state index contributed by atoms with van der Waals surface area (Å²) in [5.74, 6) is -2.84. The molecule has 0 spiro atoms. The van der Waals surface area contributed by atoms with Crippen LogP contribution in [0.1, 0.15) is 5.56 Å². The first-order valence-electron chi connectivity index (χ1n) is 3.83. The molecule has 1 aromatic heterocycles. The maximum Gasteiger partial charge on any atom is 0.454 e. The van der Waals surface area contributed by atoms with Crippen LogP contribution in [0.15, 0.2) is 30.6 Å². The third-order valence-corrected chi connectivity index (χ3v) is 1.52. The lowest BCUT2D eigenvalue weighted by molar-refractivity contribution is -0.165. The fourth-order valence-corrected chi connectivity index (χ4v) is 0.812. The zero-order valence-electron chi connectivity index (χ0n) is 7.32. The zero-order chi connectivity index (χ0) is 11.5. The lowest BCUT2D eigenvalue weighted by Gasteiger charge is -2.02. The Balaban J connectivity index is 2.91. The average molecular weight is 217 g/mol. The van der Waals surface area contributed by atoms with Crippen molar-refractivity contribution in [1.82, 2.24) is 4.98 Å². The van der Waals surface area contributed by atoms with Crippen molar-refractivity contribution in [3.8, 4) is 0 Å². The number of nitrogens with zero attached hydrogens (tertiary/aromatic N) is 1. The Morgan fingerprint density at radius 2 is 1.87 bits per heavy atom. The molecule has 0 atom stereocenters. The molecular formula is C9H6F3NO2. The fourth-order valence-electron chi connectivity index (χ4n) is 0.812. The van der Waals surface area contributed by atoms with Crippen LogP contribution in [0.3, 0.4) is 0 Å². The Bertz CT molecular complexity index is 384. The second-order valence-electron chi connectivity index (χ2n) is 2.63. The van der Waals surface area contributed by atoms with Gasteiger partial charge in [0.15, 0.2) is 0 Å². The van der Waals surface area contributed by atoms with Gasteiger partial charge in [-0.3, -0.25) is 9.78 Å². The number of hydrogen-bond donors (Lipinski definition) is 1. The molecule has 0 aliphatic rings. The maximum atomic E-state index is 11.8. The van der Waals surface area contributed by atoms with E-state index >= 15 is 0 Å². The van der Waals surface area contributed by atoms with Gasteiger partial charge in [0, 0.05) is 24.0 Å². The van der Waals surface area contributed by atoms with Crippen LogP contribution in [0.4, 0.5) is 13.2 Å². The number of ketones is 1. The van der Waals surface area contributed by atoms with Crippen molar-refractivity contribution in [3.05, 3.63) is 36.2 Å². The van der Waals surface area contributed by atoms with Crippen molar-refractivity contribution in [2.24, 2.45) is 0 Å². The monoisotopic (exact) mass is 217 g/mol. The summed E-state index contributed by atoms with van der Waals surface area (Å²) in [7, 11) is 0. The van der Waals surface area contributed by atoms with E-state index in [1.54, 1.807) is 0 Å². The molecule has 0 saturated carbocycles. The third-order valence-electron chi connectivity index (χ3n) is 1.52. The molecule has 80 valence electrons. The van der Waals surface area contributed by atoms with Gasteiger partial charge in [-0.2, -0.15) is 13.2 Å². The number of aliphatic hydroxyl groups excluding tert-OH is 1. The number of aliphatic hydroxyl groups is 1. The molecule has 1 N–H and O–H groups in total. The molecule has 0 radical (unpaired) electrons. The largest absolute Gasteiger partial charge is 0.507 e. The molecule has 0 amide bonds. The van der Waals surface area contributed by atoms with Gasteiger partial charge in [0.2, 0.25) is 0 Å². The first kappa shape index (κ1) is 11.2. The van der Waals surface area contributed by atoms with Crippen LogP contribution in [0.5, 0.6) is 0 Å². The molecule has 0 aromatic carbocycles. The van der Waals surface area contributed by atoms with E-state index in [9.17, 15) is 18.0 Å². The van der Waals surface area contributed by atoms with E-state index in [0.29, 0.717) is 0 Å². The number of aromatic nitrogens is 1. The minimum atomic E-state index is -4.97. The molecule has 6 heteroatoms. The molecule has 0 aliphatic heterocycles. The highest BCUT2D eigenvalue weighted by Gasteiger charge is 2.36. The first-order valence-corrected chi connectivity index (χ1v) is 3.83. The van der Waals surface area contributed by atoms with Crippen LogP contribution in [0, 0.1) is 0 Å². The van der Waals surface area contributed by atoms with Crippen LogP contribution in [0.25, 0.3) is 5.76 Å². The Hall–Kier alpha value is -1.85. The summed E-state index contributed by atoms with van der Waals surface area (Å²) < 4.78 is 35.4. The molecule has 0 fully saturated rings. The second kappa shape index (κ2) is 4.12. The molecule has 15 heavy (non-hydrogen) atoms. The SMILES string of the molecule is O=C(/C=C(\O)c1ccncc1)C(F)(F)F. The molecule has 3 nitrogen and oxygen atoms in total. The minimum Gasteiger partial charge on any atom is -0.507 e. The minimum absolute atomic E-state index is 0.0996. The van der Waals surface area contributed by atoms with E-state index in [1.807, 2.05) is 0 Å². The maximum absolute atomic E-state index is 11.8. The van der Waals surface area contributed by atoms with Crippen LogP contribution in [-0.4, -0.2) is 22.1 Å². The Morgan fingerprint density at radius 1 is 1.33 bits per heavy atom. The smallest absolute Gasteiger partial charge is 0.454 e. The molecule has 0 unspecified atom stereocenters. The predicted molar refractivity (Wildman–Crippen MR) is 45.9 cm³/mol. The number of pyridine rings is 1. The first-order chi connectivity index (χ1) is 6.91. The molecular weight excluding hydrogens is 211 g/mol. The normalized spacial score (nSPS) is 12.6. The quantitative estimate of drug-likeness (QED) is 0.609. The highest BCUT2D eigenvalue weighted by atomic mass is 19.4. The van der Waals surface area contributed by atoms with Crippen molar-refractivity contribution in [2.75, 3.05) is 0 Å². The average Bonchev–Trinajstić information content (AvgIpc) is 2.17. The Labute approximate surface area is 82.9 Å². The number of carbonyl (C=O) groups is 1. The molecule has 0 aliphatic carbocycles. The number of allylic oxidation sites excluding steroid dienone is 1. The fraction of sp³-hybridized carbons (Fsp3) is 0.111. The van der Waals surface area contributed by atoms with Gasteiger partial charge in [-0.1, -0.05) is 0 Å². The summed E-state index contributed by atoms with van der Waals surface area (Å²) in [6.45, 7) is 0. The van der Waals surface area contributed by atoms with Crippen LogP contribution < -0.4 is 0 Å². The number of hydrogen-bond acceptors (Lipinski definition) is 3. The van der Waals surface area contributed by atoms with Crippen molar-refractivity contribution in [1.29, 1.82) is 0 Å². The Morgan fingerprint density at radius 3 is 2.33 bits per heavy atom. The lowest BCUT2D eigenvalue weighted by Crippen LogP contribution is -2.20. The molecule has 1 rings (SSSR count). The zero-order valence-corrected chi connectivity index (χ0v) is 7.32. The van der Waals surface area contributed by atoms with Gasteiger partial charge >= 0.3 is 6.18 Å². The summed E-state index contributed by atoms with van der Waals surface area (Å²) in [6.07, 6.45) is -2.26. The Kier molecular flexibility index (Phi) is 3.08. The van der Waals surface area contributed by atoms with E-state index in [1.165, 1.54) is 24.5 Å². The van der Waals surface area contributed by atoms with Crippen LogP contribution in [-0.2, 0) is 4.79 Å². The molecule has 1 heterocycles. The van der Waals surface area contributed by atoms with E-state index in [0.717, 1.165) is 0 Å². The second-order valence-corrected chi connectivity index (χ2v) is 2.63. The van der Waals surface area contributed by atoms with E-state index in [-0.39, 0.29) is 11.6 Å². The van der Waals surface area contributed by atoms with Crippen molar-refractivity contribution >= 4 is 11.5 Å². The summed E-state index contributed by atoms with van der Waals surface area (Å²) in [6, 6.07) is 2.57. The van der Waals surface area contributed by atoms with Gasteiger partial charge in [0.25, 0.3) is 5.78 Å². The summed E-state index contributed by atoms with van der Waals surface area (Å²) in [4.78, 5) is 14.1. The molecule has 0 bridgehead atoms. The molecule has 0 saturated heterocycles. The standard InChI is InChI=1S/C9H6F3NO2/c10-9(11,12)8(15)5-7(14)6-1-3-13-4-2-6/h1-5,14H/b7-5-. The number of rotatable bonds is 2. The predicted octanol–water partition coefficient (Wildman–Crippen LogP) is 2.11. The summed E-state index contributed by atoms with van der Waals surface area (Å²) >= 11 is 0. The third kappa shape index (κ3) is 3.08. The topological polar surface area (TPSA) is 50.2 Å². The van der Waals surface area contributed by atoms with E-state index in [2.05, 4.69) is 4.98 Å². The highest BCUT2D eigenvalue weighted by Crippen LogP contribution is 2.19. The number of carbonyl (C=O) groups excluding carboxylic acids is 1. The molecule has 1 aromatic rings. The van der Waals surface area contributed by atoms with Gasteiger partial charge in [-0.25, -0.2) is 0 Å². The van der Waals surface area contributed by atoms with Crippen LogP contribution >= 0.6 is 0 Å². The van der Waals surface area contributed by atoms with Gasteiger partial charge in [0.05, 0.1) is 0 Å². The van der Waals surface area contributed by atoms with Gasteiger partial charge in [-0.05, 0) is 12.1 Å². The summed E-state index contributed by atoms with van der Waals surface area (Å²) in [5.41, 5.74) is 0.0996.